The first-order chi connectivity index (χ1) is 49.1. The van der Waals surface area contributed by atoms with E-state index in [9.17, 15) is 48.6 Å². The van der Waals surface area contributed by atoms with E-state index in [1.165, 1.54) is 74.9 Å². The summed E-state index contributed by atoms with van der Waals surface area (Å²) in [6, 6.07) is 40.1. The molecule has 0 aliphatic rings. The minimum Gasteiger partial charge on any atom is -0.543 e. The van der Waals surface area contributed by atoms with Crippen LogP contribution >= 0.6 is 82.0 Å². The fourth-order valence-corrected chi connectivity index (χ4v) is 13.1. The van der Waals surface area contributed by atoms with Crippen LogP contribution in [-0.4, -0.2) is 106 Å². The quantitative estimate of drug-likeness (QED) is 0.0212. The number of phenolic OH excluding ortho intramolecular Hbond substituents is 2. The van der Waals surface area contributed by atoms with Crippen molar-refractivity contribution in [1.82, 2.24) is 16.0 Å². The average Bonchev–Trinajstić information content (AvgIpc) is 0.842. The van der Waals surface area contributed by atoms with Crippen LogP contribution in [0.5, 0.6) is 23.0 Å². The van der Waals surface area contributed by atoms with Gasteiger partial charge in [-0.3, -0.25) is 28.8 Å². The first-order valence-corrected chi connectivity index (χ1v) is 40.5. The van der Waals surface area contributed by atoms with Gasteiger partial charge in [-0.1, -0.05) is 167 Å². The van der Waals surface area contributed by atoms with Crippen LogP contribution < -0.4 is 41.2 Å². The number of halogens is 7. The zero-order chi connectivity index (χ0) is 78.1. The summed E-state index contributed by atoms with van der Waals surface area (Å²) in [5.74, 6) is -3.49. The van der Waals surface area contributed by atoms with Crippen molar-refractivity contribution in [2.75, 3.05) is 24.9 Å². The van der Waals surface area contributed by atoms with Crippen molar-refractivity contribution in [3.05, 3.63) is 243 Å². The van der Waals surface area contributed by atoms with Crippen molar-refractivity contribution in [3.8, 4) is 23.0 Å². The Balaban J connectivity index is 0.000000371. The average molecular weight is 1640 g/mol. The molecule has 572 valence electrons. The maximum absolute atomic E-state index is 13.3. The number of methoxy groups -OCH3 is 2. The van der Waals surface area contributed by atoms with Gasteiger partial charge < -0.3 is 66.0 Å². The number of carbonyl (C=O) groups is 8. The molecule has 10 N–H and O–H groups in total. The number of benzene rings is 8. The Morgan fingerprint density at radius 1 is 0.458 bits per heavy atom. The fraction of sp³-hybridized carbons (Fsp3) is 0.273. The number of hydrogen-bond donors (Lipinski definition) is 9. The first-order valence-electron chi connectivity index (χ1n) is 32.4. The molecule has 8 rings (SSSR count). The molecule has 0 saturated carbocycles. The molecule has 0 aliphatic carbocycles. The maximum Gasteiger partial charge on any atom is 0.337 e. The summed E-state index contributed by atoms with van der Waals surface area (Å²) in [6.45, 7) is 22.4. The molecule has 107 heavy (non-hydrogen) atoms. The van der Waals surface area contributed by atoms with E-state index in [4.69, 9.17) is 94.0 Å². The Kier molecular flexibility index (Phi) is 33.7. The van der Waals surface area contributed by atoms with E-state index < -0.39 is 64.3 Å². The summed E-state index contributed by atoms with van der Waals surface area (Å²) in [7, 11) is -1.49. The summed E-state index contributed by atoms with van der Waals surface area (Å²) < 4.78 is 22.2. The number of nitrogens with one attached hydrogen (secondary N) is 5. The van der Waals surface area contributed by atoms with E-state index >= 15 is 0 Å². The van der Waals surface area contributed by atoms with Crippen LogP contribution in [0.25, 0.3) is 0 Å². The molecule has 0 saturated heterocycles. The summed E-state index contributed by atoms with van der Waals surface area (Å²) in [4.78, 5) is 98.7. The smallest absolute Gasteiger partial charge is 0.337 e. The number of rotatable bonds is 23. The lowest BCUT2D eigenvalue weighted by Crippen LogP contribution is -2.43. The van der Waals surface area contributed by atoms with Gasteiger partial charge in [0.15, 0.2) is 0 Å². The van der Waals surface area contributed by atoms with E-state index in [1.54, 1.807) is 48.5 Å². The number of ether oxygens (including phenoxy) is 2. The monoisotopic (exact) mass is 1640 g/mol. The van der Waals surface area contributed by atoms with Crippen molar-refractivity contribution < 1.29 is 72.0 Å². The van der Waals surface area contributed by atoms with Crippen molar-refractivity contribution in [3.63, 3.8) is 0 Å². The predicted octanol–water partition coefficient (Wildman–Crippen LogP) is 17.8. The van der Waals surface area contributed by atoms with Crippen molar-refractivity contribution in [1.29, 1.82) is 0 Å². The van der Waals surface area contributed by atoms with Gasteiger partial charge in [0.05, 0.1) is 66.6 Å². The van der Waals surface area contributed by atoms with Gasteiger partial charge in [-0.15, -0.1) is 12.4 Å². The fourth-order valence-electron chi connectivity index (χ4n) is 9.26. The minimum atomic E-state index is -2.03. The van der Waals surface area contributed by atoms with E-state index in [0.717, 1.165) is 28.2 Å². The van der Waals surface area contributed by atoms with Gasteiger partial charge in [-0.25, -0.2) is 9.59 Å². The van der Waals surface area contributed by atoms with E-state index in [1.807, 2.05) is 48.5 Å². The molecule has 0 bridgehead atoms. The molecule has 0 spiro atoms. The van der Waals surface area contributed by atoms with Crippen LogP contribution in [0.4, 0.5) is 11.4 Å². The lowest BCUT2D eigenvalue weighted by molar-refractivity contribution is -0.143. The third kappa shape index (κ3) is 26.2. The summed E-state index contributed by atoms with van der Waals surface area (Å²) in [5, 5.41) is 42.0. The van der Waals surface area contributed by atoms with Crippen molar-refractivity contribution in [2.24, 2.45) is 5.73 Å². The van der Waals surface area contributed by atoms with Crippen LogP contribution in [-0.2, 0) is 45.0 Å². The molecule has 5 amide bonds. The van der Waals surface area contributed by atoms with Crippen LogP contribution in [0.1, 0.15) is 133 Å². The van der Waals surface area contributed by atoms with Crippen molar-refractivity contribution >= 4 is 157 Å². The molecule has 0 aliphatic heterocycles. The number of esters is 2. The highest BCUT2D eigenvalue weighted by molar-refractivity contribution is 6.75. The first kappa shape index (κ1) is 90.5. The second kappa shape index (κ2) is 39.8. The van der Waals surface area contributed by atoms with Crippen LogP contribution in [0.2, 0.25) is 66.4 Å². The predicted molar refractivity (Wildman–Crippen MR) is 430 cm³/mol. The van der Waals surface area contributed by atoms with E-state index in [0.29, 0.717) is 35.5 Å². The lowest BCUT2D eigenvalue weighted by Gasteiger charge is -2.36. The molecular formula is C77H87Cl7N6O15Si2. The standard InChI is InChI=1S/C38H40Cl3N3O7Si.C21H26ClNO4Si.C17H16Cl2N2O4.CH4.ClH/c1-38(2,3)52(5,6)51-27-9-7-8-23(16-27)21-42-34(46)24-12-15-28(29(39)18-24)35(47)44-32(37(49)50-4)17-22-10-13-25(14-11-22)43-36(48)33-30(40)19-26(45)20-31(33)41;1-21(2,3)28(4,5)27-16-8-6-7-14(11-16)13-23-19(24)15-9-10-17(20(25)26)18(22)12-15;1-25-17(24)14(20)6-9-2-4-10(5-3-9)21-16(23)15-12(18)7-11(22)8-13(15)19;;/h7-16,18-20,32,45H,17,21H2,1-6H3,(H,42,46)(H,43,48)(H,44,47);6-12H,13H2,1-5H3,(H,23,24)(H,25,26);2-5,7-8,14,22H,6,20H2,1H3,(H,21,23);1H4;1H/t32-;;14-;;/m0.0../s1. The number of aromatic hydroxyl groups is 2. The summed E-state index contributed by atoms with van der Waals surface area (Å²) in [6.07, 6.45) is 0.374. The number of phenols is 2. The molecule has 0 heterocycles. The highest BCUT2D eigenvalue weighted by Gasteiger charge is 2.40. The maximum atomic E-state index is 13.3. The number of carboxylic acids is 1. The lowest BCUT2D eigenvalue weighted by atomic mass is 10.0. The Bertz CT molecular complexity index is 4470. The minimum absolute atomic E-state index is 0. The van der Waals surface area contributed by atoms with Crippen LogP contribution in [0, 0.1) is 0 Å². The zero-order valence-corrected chi connectivity index (χ0v) is 67.3. The number of anilines is 2. The van der Waals surface area contributed by atoms with Gasteiger partial charge in [-0.2, -0.15) is 0 Å². The third-order valence-corrected chi connectivity index (χ3v) is 27.7. The number of carboxylic acid groups (broad SMARTS) is 1. The Labute approximate surface area is 661 Å². The topological polar surface area (TPSA) is 320 Å². The second-order valence-corrected chi connectivity index (χ2v) is 38.9. The molecule has 0 aromatic heterocycles. The normalized spacial score (nSPS) is 11.7. The van der Waals surface area contributed by atoms with Gasteiger partial charge in [0.2, 0.25) is 16.6 Å². The van der Waals surface area contributed by atoms with E-state index in [2.05, 4.69) is 99.1 Å². The van der Waals surface area contributed by atoms with E-state index in [-0.39, 0.29) is 124 Å². The number of aromatic carboxylic acids is 1. The Morgan fingerprint density at radius 3 is 1.17 bits per heavy atom. The van der Waals surface area contributed by atoms with Gasteiger partial charge in [-0.05, 0) is 174 Å². The molecular weight excluding hydrogens is 1550 g/mol. The number of nitrogens with two attached hydrogens (primary N) is 1. The van der Waals surface area contributed by atoms with Crippen LogP contribution in [0.15, 0.2) is 158 Å². The summed E-state index contributed by atoms with van der Waals surface area (Å²) >= 11 is 36.5. The summed E-state index contributed by atoms with van der Waals surface area (Å²) in [5.41, 5.74) is 10.5. The van der Waals surface area contributed by atoms with Gasteiger partial charge in [0.1, 0.15) is 35.1 Å². The van der Waals surface area contributed by atoms with Gasteiger partial charge in [0, 0.05) is 42.0 Å². The Morgan fingerprint density at radius 2 is 0.822 bits per heavy atom. The molecule has 8 aromatic rings. The molecule has 21 nitrogen and oxygen atoms in total. The molecule has 0 radical (unpaired) electrons. The molecule has 2 atom stereocenters. The third-order valence-electron chi connectivity index (χ3n) is 17.1. The zero-order valence-electron chi connectivity index (χ0n) is 60.0. The molecule has 30 heteroatoms. The largest absolute Gasteiger partial charge is 0.543 e. The number of carbonyl (C=O) groups excluding carboxylic acids is 7. The SMILES string of the molecule is C.CC(C)(C)[Si](C)(C)Oc1cccc(CNC(=O)c2ccc(C(=O)O)c(Cl)c2)c1.COC(=O)[C@@H](N)Cc1ccc(NC(=O)c2c(Cl)cc(O)cc2Cl)cc1.COC(=O)[C@H](Cc1ccc(NC(=O)c2c(Cl)cc(O)cc2Cl)cc1)NC(=O)c1ccc(C(=O)NCc2cccc(O[Si](C)(C)C(C)(C)C)c2)cc1Cl.Cl. The molecule has 0 unspecified atom stereocenters. The van der Waals surface area contributed by atoms with Gasteiger partial charge >= 0.3 is 17.9 Å². The van der Waals surface area contributed by atoms with Crippen molar-refractivity contribution in [2.45, 2.75) is 123 Å². The number of amides is 5. The van der Waals surface area contributed by atoms with Gasteiger partial charge in [0.25, 0.3) is 29.5 Å². The van der Waals surface area contributed by atoms with Crippen LogP contribution in [0.3, 0.4) is 0 Å². The molecule has 0 fully saturated rings. The second-order valence-electron chi connectivity index (χ2n) is 27.0. The Hall–Kier alpha value is -8.86. The highest BCUT2D eigenvalue weighted by atomic mass is 35.5. The highest BCUT2D eigenvalue weighted by Crippen LogP contribution is 2.39. The number of hydrogen-bond acceptors (Lipinski definition) is 15. The molecule has 8 aromatic carbocycles.